The zero-order valence-electron chi connectivity index (χ0n) is 12.8. The molecule has 0 saturated heterocycles. The van der Waals surface area contributed by atoms with Gasteiger partial charge in [-0.3, -0.25) is 0 Å². The summed E-state index contributed by atoms with van der Waals surface area (Å²) in [5.41, 5.74) is -7.73. The molecule has 0 amide bonds. The molecule has 27 heavy (non-hydrogen) atoms. The molecule has 0 spiro atoms. The van der Waals surface area contributed by atoms with Crippen LogP contribution in [-0.2, 0) is 5.67 Å². The first-order valence-corrected chi connectivity index (χ1v) is 6.91. The molecular formula is C16H8F8O3. The van der Waals surface area contributed by atoms with Gasteiger partial charge in [0.25, 0.3) is 0 Å². The molecule has 1 N–H and O–H groups in total. The van der Waals surface area contributed by atoms with Crippen molar-refractivity contribution in [3.05, 3.63) is 59.4 Å². The Labute approximate surface area is 145 Å². The Morgan fingerprint density at radius 3 is 1.78 bits per heavy atom. The van der Waals surface area contributed by atoms with Crippen molar-refractivity contribution in [1.29, 1.82) is 0 Å². The van der Waals surface area contributed by atoms with E-state index < -0.39 is 52.4 Å². The van der Waals surface area contributed by atoms with Gasteiger partial charge < -0.3 is 9.84 Å². The highest BCUT2D eigenvalue weighted by Gasteiger charge is 2.73. The molecule has 2 aromatic carbocycles. The summed E-state index contributed by atoms with van der Waals surface area (Å²) >= 11 is 0. The minimum Gasteiger partial charge on any atom is -0.478 e. The monoisotopic (exact) mass is 400 g/mol. The van der Waals surface area contributed by atoms with Gasteiger partial charge in [0.05, 0.1) is 5.56 Å². The highest BCUT2D eigenvalue weighted by molar-refractivity contribution is 5.87. The summed E-state index contributed by atoms with van der Waals surface area (Å²) in [7, 11) is 0. The highest BCUT2D eigenvalue weighted by Crippen LogP contribution is 2.53. The van der Waals surface area contributed by atoms with E-state index in [-0.39, 0.29) is 12.1 Å². The van der Waals surface area contributed by atoms with Gasteiger partial charge in [-0.05, 0) is 30.3 Å². The molecule has 0 aliphatic heterocycles. The normalized spacial score (nSPS) is 12.7. The van der Waals surface area contributed by atoms with E-state index in [2.05, 4.69) is 0 Å². The molecule has 146 valence electrons. The minimum absolute atomic E-state index is 0.208. The van der Waals surface area contributed by atoms with Crippen LogP contribution in [0.5, 0.6) is 11.5 Å². The molecule has 0 aromatic heterocycles. The van der Waals surface area contributed by atoms with Gasteiger partial charge in [-0.1, -0.05) is 12.1 Å². The first kappa shape index (κ1) is 20.5. The number of rotatable bonds is 4. The van der Waals surface area contributed by atoms with Crippen molar-refractivity contribution in [1.82, 2.24) is 0 Å². The molecule has 0 saturated carbocycles. The molecule has 0 unspecified atom stereocenters. The summed E-state index contributed by atoms with van der Waals surface area (Å²) in [5, 5.41) is 8.70. The van der Waals surface area contributed by atoms with Crippen LogP contribution < -0.4 is 4.74 Å². The van der Waals surface area contributed by atoms with E-state index in [1.165, 1.54) is 0 Å². The lowest BCUT2D eigenvalue weighted by molar-refractivity contribution is -0.348. The molecule has 0 aliphatic rings. The Balaban J connectivity index is 2.34. The molecule has 11 heteroatoms. The van der Waals surface area contributed by atoms with Gasteiger partial charge in [0.15, 0.2) is 11.6 Å². The molecule has 3 nitrogen and oxygen atoms in total. The Morgan fingerprint density at radius 1 is 0.852 bits per heavy atom. The van der Waals surface area contributed by atoms with Gasteiger partial charge in [-0.15, -0.1) is 0 Å². The largest absolute Gasteiger partial charge is 0.478 e. The van der Waals surface area contributed by atoms with E-state index in [4.69, 9.17) is 9.84 Å². The first-order chi connectivity index (χ1) is 12.3. The smallest absolute Gasteiger partial charge is 0.435 e. The van der Waals surface area contributed by atoms with Crippen molar-refractivity contribution in [2.45, 2.75) is 18.0 Å². The quantitative estimate of drug-likeness (QED) is 0.679. The average molecular weight is 400 g/mol. The van der Waals surface area contributed by atoms with Crippen molar-refractivity contribution in [3.63, 3.8) is 0 Å². The van der Waals surface area contributed by atoms with Crippen LogP contribution in [0.1, 0.15) is 15.9 Å². The number of hydrogen-bond donors (Lipinski definition) is 1. The van der Waals surface area contributed by atoms with Crippen molar-refractivity contribution in [3.8, 4) is 11.5 Å². The van der Waals surface area contributed by atoms with Crippen molar-refractivity contribution < 1.29 is 49.8 Å². The van der Waals surface area contributed by atoms with Crippen molar-refractivity contribution in [2.75, 3.05) is 0 Å². The molecule has 0 radical (unpaired) electrons. The number of carbonyl (C=O) groups is 1. The van der Waals surface area contributed by atoms with Gasteiger partial charge in [0.1, 0.15) is 5.75 Å². The van der Waals surface area contributed by atoms with Gasteiger partial charge in [-0.2, -0.15) is 26.3 Å². The molecule has 0 atom stereocenters. The van der Waals surface area contributed by atoms with E-state index in [1.54, 1.807) is 0 Å². The third kappa shape index (κ3) is 3.81. The number of hydrogen-bond acceptors (Lipinski definition) is 2. The lowest BCUT2D eigenvalue weighted by atomic mass is 9.94. The van der Waals surface area contributed by atoms with Gasteiger partial charge in [0.2, 0.25) is 0 Å². The molecule has 0 aliphatic carbocycles. The number of aromatic carboxylic acids is 1. The second kappa shape index (κ2) is 6.71. The van der Waals surface area contributed by atoms with Gasteiger partial charge in [0, 0.05) is 5.56 Å². The summed E-state index contributed by atoms with van der Waals surface area (Å²) in [6.45, 7) is 0. The molecule has 0 fully saturated rings. The van der Waals surface area contributed by atoms with Crippen LogP contribution in [0.25, 0.3) is 0 Å². The molecule has 2 aromatic rings. The van der Waals surface area contributed by atoms with Crippen molar-refractivity contribution in [2.24, 2.45) is 0 Å². The van der Waals surface area contributed by atoms with Gasteiger partial charge in [-0.25, -0.2) is 13.6 Å². The maximum Gasteiger partial charge on any atom is 0.435 e. The van der Waals surface area contributed by atoms with E-state index in [9.17, 15) is 39.9 Å². The lowest BCUT2D eigenvalue weighted by Gasteiger charge is -2.30. The van der Waals surface area contributed by atoms with Crippen LogP contribution in [0.15, 0.2) is 42.5 Å². The molecule has 0 bridgehead atoms. The fraction of sp³-hybridized carbons (Fsp3) is 0.188. The van der Waals surface area contributed by atoms with Crippen LogP contribution in [0, 0.1) is 5.82 Å². The number of benzene rings is 2. The SMILES string of the molecule is O=C(O)c1ccc(Oc2ccc(C(F)(C(F)(F)F)C(F)(F)F)cc2)c(F)c1. The van der Waals surface area contributed by atoms with E-state index in [0.29, 0.717) is 18.2 Å². The Bertz CT molecular complexity index is 826. The maximum atomic E-state index is 13.9. The predicted molar refractivity (Wildman–Crippen MR) is 74.8 cm³/mol. The van der Waals surface area contributed by atoms with Gasteiger partial charge >= 0.3 is 24.0 Å². The molecule has 2 rings (SSSR count). The number of alkyl halides is 7. The third-order valence-electron chi connectivity index (χ3n) is 3.44. The zero-order valence-corrected chi connectivity index (χ0v) is 12.8. The summed E-state index contributed by atoms with van der Waals surface area (Å²) in [5.74, 6) is -3.49. The summed E-state index contributed by atoms with van der Waals surface area (Å²) in [6.07, 6.45) is -12.5. The number of ether oxygens (including phenoxy) is 1. The van der Waals surface area contributed by atoms with Crippen LogP contribution in [-0.4, -0.2) is 23.4 Å². The number of carboxylic acids is 1. The topological polar surface area (TPSA) is 46.5 Å². The predicted octanol–water partition coefficient (Wildman–Crippen LogP) is 5.61. The fourth-order valence-corrected chi connectivity index (χ4v) is 2.08. The third-order valence-corrected chi connectivity index (χ3v) is 3.44. The first-order valence-electron chi connectivity index (χ1n) is 6.91. The molecule has 0 heterocycles. The number of halogens is 8. The van der Waals surface area contributed by atoms with Crippen LogP contribution >= 0.6 is 0 Å². The van der Waals surface area contributed by atoms with Crippen LogP contribution in [0.3, 0.4) is 0 Å². The number of carboxylic acid groups (broad SMARTS) is 1. The minimum atomic E-state index is -6.26. The van der Waals surface area contributed by atoms with E-state index in [0.717, 1.165) is 12.1 Å². The average Bonchev–Trinajstić information content (AvgIpc) is 2.54. The second-order valence-corrected chi connectivity index (χ2v) is 5.23. The zero-order chi connectivity index (χ0) is 20.6. The molecular weight excluding hydrogens is 392 g/mol. The van der Waals surface area contributed by atoms with E-state index >= 15 is 0 Å². The Hall–Kier alpha value is -2.85. The van der Waals surface area contributed by atoms with Crippen LogP contribution in [0.2, 0.25) is 0 Å². The fourth-order valence-electron chi connectivity index (χ4n) is 2.08. The van der Waals surface area contributed by atoms with E-state index in [1.807, 2.05) is 0 Å². The highest BCUT2D eigenvalue weighted by atomic mass is 19.4. The Kier molecular flexibility index (Phi) is 5.08. The second-order valence-electron chi connectivity index (χ2n) is 5.23. The van der Waals surface area contributed by atoms with Crippen LogP contribution in [0.4, 0.5) is 35.1 Å². The summed E-state index contributed by atoms with van der Waals surface area (Å²) < 4.78 is 109. The Morgan fingerprint density at radius 2 is 1.37 bits per heavy atom. The summed E-state index contributed by atoms with van der Waals surface area (Å²) in [4.78, 5) is 10.7. The lowest BCUT2D eigenvalue weighted by Crippen LogP contribution is -2.50. The summed E-state index contributed by atoms with van der Waals surface area (Å²) in [6, 6.07) is 4.07. The maximum absolute atomic E-state index is 13.9. The van der Waals surface area contributed by atoms with Crippen molar-refractivity contribution >= 4 is 5.97 Å². The standard InChI is InChI=1S/C16H8F8O3/c17-11-7-8(13(25)26)1-6-12(11)27-10-4-2-9(3-5-10)14(18,15(19,20)21)16(22,23)24/h1-7H,(H,25,26).